The van der Waals surface area contributed by atoms with Gasteiger partial charge >= 0.3 is 0 Å². The zero-order valence-electron chi connectivity index (χ0n) is 8.57. The number of carbonyl (C=O) groups excluding carboxylic acids is 1. The standard InChI is InChI=1S/C10H14N2O2/c1-6(2)12-5-4-7(3)8(9(11)13)10(12)14/h4-6H,1-3H3,(H2,11,13). The van der Waals surface area contributed by atoms with E-state index >= 15 is 0 Å². The molecule has 1 aromatic heterocycles. The first-order chi connectivity index (χ1) is 6.45. The zero-order valence-corrected chi connectivity index (χ0v) is 8.57. The van der Waals surface area contributed by atoms with E-state index in [0.717, 1.165) is 0 Å². The number of primary amides is 1. The summed E-state index contributed by atoms with van der Waals surface area (Å²) >= 11 is 0. The van der Waals surface area contributed by atoms with Crippen LogP contribution in [0.25, 0.3) is 0 Å². The first-order valence-electron chi connectivity index (χ1n) is 4.46. The molecule has 0 aromatic carbocycles. The topological polar surface area (TPSA) is 65.1 Å². The molecule has 4 nitrogen and oxygen atoms in total. The quantitative estimate of drug-likeness (QED) is 0.758. The van der Waals surface area contributed by atoms with Crippen LogP contribution in [0, 0.1) is 6.92 Å². The van der Waals surface area contributed by atoms with Gasteiger partial charge in [-0.25, -0.2) is 0 Å². The molecule has 4 heteroatoms. The fourth-order valence-electron chi connectivity index (χ4n) is 1.35. The molecule has 1 amide bonds. The molecule has 1 aromatic rings. The van der Waals surface area contributed by atoms with Crippen molar-refractivity contribution in [1.29, 1.82) is 0 Å². The van der Waals surface area contributed by atoms with Crippen LogP contribution in [0.4, 0.5) is 0 Å². The molecule has 0 atom stereocenters. The van der Waals surface area contributed by atoms with Crippen LogP contribution in [0.2, 0.25) is 0 Å². The van der Waals surface area contributed by atoms with E-state index < -0.39 is 5.91 Å². The number of nitrogens with zero attached hydrogens (tertiary/aromatic N) is 1. The van der Waals surface area contributed by atoms with Gasteiger partial charge in [-0.2, -0.15) is 0 Å². The summed E-state index contributed by atoms with van der Waals surface area (Å²) in [5.74, 6) is -0.664. The lowest BCUT2D eigenvalue weighted by Gasteiger charge is -2.11. The van der Waals surface area contributed by atoms with E-state index in [4.69, 9.17) is 5.73 Å². The monoisotopic (exact) mass is 194 g/mol. The predicted molar refractivity (Wildman–Crippen MR) is 54.3 cm³/mol. The Kier molecular flexibility index (Phi) is 2.74. The van der Waals surface area contributed by atoms with Gasteiger partial charge in [0.15, 0.2) is 0 Å². The molecule has 2 N–H and O–H groups in total. The molecular formula is C10H14N2O2. The number of rotatable bonds is 2. The second-order valence-electron chi connectivity index (χ2n) is 3.54. The van der Waals surface area contributed by atoms with Crippen LogP contribution in [0.15, 0.2) is 17.1 Å². The molecule has 0 aliphatic heterocycles. The summed E-state index contributed by atoms with van der Waals surface area (Å²) in [6.45, 7) is 5.45. The lowest BCUT2D eigenvalue weighted by Crippen LogP contribution is -2.31. The zero-order chi connectivity index (χ0) is 10.9. The summed E-state index contributed by atoms with van der Waals surface area (Å²) < 4.78 is 1.49. The molecule has 14 heavy (non-hydrogen) atoms. The van der Waals surface area contributed by atoms with Crippen LogP contribution < -0.4 is 11.3 Å². The van der Waals surface area contributed by atoms with Crippen molar-refractivity contribution < 1.29 is 4.79 Å². The number of hydrogen-bond acceptors (Lipinski definition) is 2. The smallest absolute Gasteiger partial charge is 0.263 e. The van der Waals surface area contributed by atoms with Crippen molar-refractivity contribution in [1.82, 2.24) is 4.57 Å². The van der Waals surface area contributed by atoms with Gasteiger partial charge in [0, 0.05) is 12.2 Å². The number of nitrogens with two attached hydrogens (primary N) is 1. The number of amides is 1. The van der Waals surface area contributed by atoms with Crippen molar-refractivity contribution in [2.75, 3.05) is 0 Å². The number of carbonyl (C=O) groups is 1. The first-order valence-corrected chi connectivity index (χ1v) is 4.46. The summed E-state index contributed by atoms with van der Waals surface area (Å²) in [4.78, 5) is 22.8. The van der Waals surface area contributed by atoms with E-state index in [2.05, 4.69) is 0 Å². The lowest BCUT2D eigenvalue weighted by molar-refractivity contribution is 0.0997. The van der Waals surface area contributed by atoms with Crippen LogP contribution in [-0.2, 0) is 0 Å². The van der Waals surface area contributed by atoms with Crippen molar-refractivity contribution in [3.05, 3.63) is 33.7 Å². The highest BCUT2D eigenvalue weighted by atomic mass is 16.2. The third kappa shape index (κ3) is 1.69. The maximum absolute atomic E-state index is 11.7. The molecule has 0 saturated carbocycles. The number of pyridine rings is 1. The largest absolute Gasteiger partial charge is 0.365 e. The van der Waals surface area contributed by atoms with Gasteiger partial charge in [0.05, 0.1) is 0 Å². The fraction of sp³-hybridized carbons (Fsp3) is 0.400. The van der Waals surface area contributed by atoms with Gasteiger partial charge < -0.3 is 10.3 Å². The Morgan fingerprint density at radius 3 is 2.50 bits per heavy atom. The van der Waals surface area contributed by atoms with Gasteiger partial charge in [0.25, 0.3) is 11.5 Å². The summed E-state index contributed by atoms with van der Waals surface area (Å²) in [5, 5.41) is 0. The Bertz CT molecular complexity index is 419. The Hall–Kier alpha value is -1.58. The molecular weight excluding hydrogens is 180 g/mol. The maximum atomic E-state index is 11.7. The number of aryl methyl sites for hydroxylation is 1. The van der Waals surface area contributed by atoms with Crippen LogP contribution in [0.5, 0.6) is 0 Å². The van der Waals surface area contributed by atoms with E-state index in [1.807, 2.05) is 13.8 Å². The van der Waals surface area contributed by atoms with Crippen molar-refractivity contribution in [3.8, 4) is 0 Å². The molecule has 0 fully saturated rings. The summed E-state index contributed by atoms with van der Waals surface area (Å²) in [5.41, 5.74) is 5.53. The Morgan fingerprint density at radius 1 is 1.50 bits per heavy atom. The van der Waals surface area contributed by atoms with E-state index in [0.29, 0.717) is 5.56 Å². The van der Waals surface area contributed by atoms with E-state index in [9.17, 15) is 9.59 Å². The fourth-order valence-corrected chi connectivity index (χ4v) is 1.35. The van der Waals surface area contributed by atoms with E-state index in [1.165, 1.54) is 4.57 Å². The van der Waals surface area contributed by atoms with Crippen LogP contribution in [-0.4, -0.2) is 10.5 Å². The van der Waals surface area contributed by atoms with Crippen LogP contribution in [0.3, 0.4) is 0 Å². The highest BCUT2D eigenvalue weighted by molar-refractivity contribution is 5.93. The first kappa shape index (κ1) is 10.5. The molecule has 0 saturated heterocycles. The molecule has 0 unspecified atom stereocenters. The molecule has 0 aliphatic rings. The number of hydrogen-bond donors (Lipinski definition) is 1. The average molecular weight is 194 g/mol. The molecule has 0 spiro atoms. The van der Waals surface area contributed by atoms with Gasteiger partial charge in [0.1, 0.15) is 5.56 Å². The minimum absolute atomic E-state index is 0.0289. The SMILES string of the molecule is Cc1ccn(C(C)C)c(=O)c1C(N)=O. The minimum Gasteiger partial charge on any atom is -0.365 e. The summed E-state index contributed by atoms with van der Waals surface area (Å²) in [6.07, 6.45) is 1.68. The van der Waals surface area contributed by atoms with Gasteiger partial charge in [-0.3, -0.25) is 9.59 Å². The highest BCUT2D eigenvalue weighted by Crippen LogP contribution is 2.05. The Balaban J connectivity index is 3.50. The molecule has 76 valence electrons. The number of aromatic nitrogens is 1. The van der Waals surface area contributed by atoms with Crippen molar-refractivity contribution >= 4 is 5.91 Å². The Labute approximate surface area is 82.3 Å². The van der Waals surface area contributed by atoms with Crippen molar-refractivity contribution in [3.63, 3.8) is 0 Å². The second-order valence-corrected chi connectivity index (χ2v) is 3.54. The predicted octanol–water partition coefficient (Wildman–Crippen LogP) is 0.837. The summed E-state index contributed by atoms with van der Waals surface area (Å²) in [6, 6.07) is 1.75. The van der Waals surface area contributed by atoms with Gasteiger partial charge in [0.2, 0.25) is 0 Å². The van der Waals surface area contributed by atoms with Crippen molar-refractivity contribution in [2.45, 2.75) is 26.8 Å². The van der Waals surface area contributed by atoms with E-state index in [1.54, 1.807) is 19.2 Å². The van der Waals surface area contributed by atoms with Crippen LogP contribution >= 0.6 is 0 Å². The average Bonchev–Trinajstić information content (AvgIpc) is 2.02. The third-order valence-electron chi connectivity index (χ3n) is 2.13. The molecule has 0 bridgehead atoms. The molecule has 0 radical (unpaired) electrons. The van der Waals surface area contributed by atoms with Gasteiger partial charge in [-0.1, -0.05) is 0 Å². The summed E-state index contributed by atoms with van der Waals surface area (Å²) in [7, 11) is 0. The highest BCUT2D eigenvalue weighted by Gasteiger charge is 2.13. The lowest BCUT2D eigenvalue weighted by atomic mass is 10.1. The normalized spacial score (nSPS) is 10.6. The van der Waals surface area contributed by atoms with Gasteiger partial charge in [-0.15, -0.1) is 0 Å². The third-order valence-corrected chi connectivity index (χ3v) is 2.13. The minimum atomic E-state index is -0.664. The van der Waals surface area contributed by atoms with Crippen LogP contribution in [0.1, 0.15) is 35.8 Å². The molecule has 1 heterocycles. The molecule has 0 aliphatic carbocycles. The van der Waals surface area contributed by atoms with Gasteiger partial charge in [-0.05, 0) is 32.4 Å². The molecule has 1 rings (SSSR count). The van der Waals surface area contributed by atoms with E-state index in [-0.39, 0.29) is 17.2 Å². The Morgan fingerprint density at radius 2 is 2.07 bits per heavy atom. The maximum Gasteiger partial charge on any atom is 0.263 e. The van der Waals surface area contributed by atoms with Crippen molar-refractivity contribution in [2.24, 2.45) is 5.73 Å². The second kappa shape index (κ2) is 3.65.